The lowest BCUT2D eigenvalue weighted by Gasteiger charge is -2.21. The first-order chi connectivity index (χ1) is 14.2. The summed E-state index contributed by atoms with van der Waals surface area (Å²) >= 11 is 1.36. The highest BCUT2D eigenvalue weighted by atomic mass is 32.2. The fraction of sp³-hybridized carbons (Fsp3) is 0.391. The van der Waals surface area contributed by atoms with Crippen LogP contribution < -0.4 is 4.74 Å². The normalized spacial score (nSPS) is 12.8. The molecule has 0 spiro atoms. The predicted molar refractivity (Wildman–Crippen MR) is 119 cm³/mol. The van der Waals surface area contributed by atoms with Gasteiger partial charge >= 0.3 is 0 Å². The number of halogens is 1. The van der Waals surface area contributed by atoms with E-state index in [1.54, 1.807) is 29.8 Å². The zero-order chi connectivity index (χ0) is 21.9. The third kappa shape index (κ3) is 5.21. The first kappa shape index (κ1) is 22.3. The van der Waals surface area contributed by atoms with Crippen molar-refractivity contribution in [1.82, 2.24) is 14.8 Å². The van der Waals surface area contributed by atoms with Crippen molar-refractivity contribution in [3.8, 4) is 17.1 Å². The Morgan fingerprint density at radius 2 is 1.90 bits per heavy atom. The number of thioether (sulfide) groups is 1. The lowest BCUT2D eigenvalue weighted by atomic mass is 9.86. The van der Waals surface area contributed by atoms with Crippen LogP contribution >= 0.6 is 11.8 Å². The number of ether oxygens (including phenoxy) is 1. The summed E-state index contributed by atoms with van der Waals surface area (Å²) < 4.78 is 21.6. The van der Waals surface area contributed by atoms with Crippen molar-refractivity contribution >= 4 is 11.8 Å². The molecular weight excluding hydrogens is 401 g/mol. The molecule has 1 atom stereocenters. The molecule has 0 fully saturated rings. The van der Waals surface area contributed by atoms with E-state index < -0.39 is 6.10 Å². The van der Waals surface area contributed by atoms with Crippen molar-refractivity contribution in [3.05, 3.63) is 59.4 Å². The van der Waals surface area contributed by atoms with Crippen LogP contribution in [-0.4, -0.2) is 38.3 Å². The van der Waals surface area contributed by atoms with E-state index in [1.165, 1.54) is 23.4 Å². The summed E-state index contributed by atoms with van der Waals surface area (Å²) in [5, 5.41) is 19.2. The summed E-state index contributed by atoms with van der Waals surface area (Å²) in [6, 6.07) is 12.6. The number of aliphatic hydroxyl groups is 1. The van der Waals surface area contributed by atoms with E-state index in [0.29, 0.717) is 22.3 Å². The molecule has 0 saturated carbocycles. The Hall–Kier alpha value is -2.38. The van der Waals surface area contributed by atoms with Crippen LogP contribution in [0.15, 0.2) is 47.6 Å². The molecule has 5 nitrogen and oxygen atoms in total. The minimum atomic E-state index is -0.676. The maximum absolute atomic E-state index is 14.0. The number of aryl methyl sites for hydroxylation is 1. The van der Waals surface area contributed by atoms with Gasteiger partial charge in [-0.05, 0) is 41.7 Å². The Morgan fingerprint density at radius 3 is 2.57 bits per heavy atom. The number of nitrogens with zero attached hydrogens (tertiary/aromatic N) is 3. The van der Waals surface area contributed by atoms with Crippen LogP contribution in [0.25, 0.3) is 11.4 Å². The van der Waals surface area contributed by atoms with Gasteiger partial charge in [0.25, 0.3) is 0 Å². The average Bonchev–Trinajstić information content (AvgIpc) is 3.05. The zero-order valence-corrected chi connectivity index (χ0v) is 18.8. The van der Waals surface area contributed by atoms with Crippen molar-refractivity contribution in [2.45, 2.75) is 44.4 Å². The van der Waals surface area contributed by atoms with Crippen LogP contribution in [0, 0.1) is 12.7 Å². The molecular formula is C23H28FN3O2S. The van der Waals surface area contributed by atoms with Crippen LogP contribution in [0.3, 0.4) is 0 Å². The largest absolute Gasteiger partial charge is 0.491 e. The van der Waals surface area contributed by atoms with Crippen LogP contribution in [0.2, 0.25) is 0 Å². The summed E-state index contributed by atoms with van der Waals surface area (Å²) in [6.07, 6.45) is -0.676. The molecule has 1 unspecified atom stereocenters. The quantitative estimate of drug-likeness (QED) is 0.549. The summed E-state index contributed by atoms with van der Waals surface area (Å²) in [5.74, 6) is 1.27. The van der Waals surface area contributed by atoms with Gasteiger partial charge in [0.05, 0.1) is 11.7 Å². The minimum Gasteiger partial charge on any atom is -0.491 e. The number of aromatic nitrogens is 3. The first-order valence-corrected chi connectivity index (χ1v) is 10.8. The summed E-state index contributed by atoms with van der Waals surface area (Å²) in [5.41, 5.74) is 2.77. The first-order valence-electron chi connectivity index (χ1n) is 9.86. The van der Waals surface area contributed by atoms with Gasteiger partial charge in [-0.2, -0.15) is 0 Å². The number of benzene rings is 2. The van der Waals surface area contributed by atoms with Crippen LogP contribution in [0.5, 0.6) is 5.75 Å². The minimum absolute atomic E-state index is 0.0804. The molecule has 0 radical (unpaired) electrons. The van der Waals surface area contributed by atoms with Gasteiger partial charge in [-0.1, -0.05) is 56.8 Å². The van der Waals surface area contributed by atoms with E-state index in [0.717, 1.165) is 11.3 Å². The lowest BCUT2D eigenvalue weighted by molar-refractivity contribution is 0.126. The van der Waals surface area contributed by atoms with E-state index in [9.17, 15) is 9.50 Å². The second-order valence-corrected chi connectivity index (χ2v) is 9.34. The van der Waals surface area contributed by atoms with Gasteiger partial charge in [0.15, 0.2) is 11.0 Å². The van der Waals surface area contributed by atoms with Gasteiger partial charge in [0.1, 0.15) is 18.2 Å². The van der Waals surface area contributed by atoms with Gasteiger partial charge < -0.3 is 14.4 Å². The Bertz CT molecular complexity index is 1010. The van der Waals surface area contributed by atoms with E-state index in [4.69, 9.17) is 4.74 Å². The van der Waals surface area contributed by atoms with E-state index >= 15 is 0 Å². The number of rotatable bonds is 7. The number of hydrogen-bond acceptors (Lipinski definition) is 5. The molecule has 0 amide bonds. The molecule has 1 aromatic heterocycles. The third-order valence-corrected chi connectivity index (χ3v) is 5.99. The molecule has 2 aromatic carbocycles. The lowest BCUT2D eigenvalue weighted by Crippen LogP contribution is -2.21. The summed E-state index contributed by atoms with van der Waals surface area (Å²) in [6.45, 7) is 8.71. The smallest absolute Gasteiger partial charge is 0.191 e. The fourth-order valence-corrected chi connectivity index (χ4v) is 3.82. The Morgan fingerprint density at radius 1 is 1.17 bits per heavy atom. The number of hydrogen-bond donors (Lipinski definition) is 1. The van der Waals surface area contributed by atoms with E-state index in [2.05, 4.69) is 43.1 Å². The average molecular weight is 430 g/mol. The topological polar surface area (TPSA) is 60.2 Å². The van der Waals surface area contributed by atoms with Gasteiger partial charge in [-0.15, -0.1) is 10.2 Å². The molecule has 1 heterocycles. The maximum Gasteiger partial charge on any atom is 0.191 e. The molecule has 160 valence electrons. The SMILES string of the molecule is Cc1cc(C(C)(C)C)ccc1OCC(O)CSc1nnc(-c2ccccc2F)n1C. The van der Waals surface area contributed by atoms with Crippen LogP contribution in [0.1, 0.15) is 31.9 Å². The molecule has 3 aromatic rings. The van der Waals surface area contributed by atoms with E-state index in [1.807, 2.05) is 13.0 Å². The highest BCUT2D eigenvalue weighted by Crippen LogP contribution is 2.28. The standard InChI is InChI=1S/C23H28FN3O2S/c1-15-12-16(23(2,3)4)10-11-20(15)29-13-17(28)14-30-22-26-25-21(27(22)5)18-8-6-7-9-19(18)24/h6-12,17,28H,13-14H2,1-5H3. The van der Waals surface area contributed by atoms with Gasteiger partial charge in [-0.25, -0.2) is 4.39 Å². The van der Waals surface area contributed by atoms with Gasteiger partial charge in [0.2, 0.25) is 0 Å². The molecule has 3 rings (SSSR count). The molecule has 7 heteroatoms. The highest BCUT2D eigenvalue weighted by molar-refractivity contribution is 7.99. The van der Waals surface area contributed by atoms with Gasteiger partial charge in [0, 0.05) is 12.8 Å². The molecule has 0 bridgehead atoms. The Labute approximate surface area is 181 Å². The van der Waals surface area contributed by atoms with Crippen molar-refractivity contribution in [1.29, 1.82) is 0 Å². The summed E-state index contributed by atoms with van der Waals surface area (Å²) in [4.78, 5) is 0. The second-order valence-electron chi connectivity index (χ2n) is 8.35. The van der Waals surface area contributed by atoms with Gasteiger partial charge in [-0.3, -0.25) is 0 Å². The molecule has 0 aliphatic heterocycles. The molecule has 0 saturated heterocycles. The Balaban J connectivity index is 1.57. The molecule has 30 heavy (non-hydrogen) atoms. The fourth-order valence-electron chi connectivity index (χ4n) is 3.00. The van der Waals surface area contributed by atoms with Crippen molar-refractivity contribution in [2.24, 2.45) is 7.05 Å². The van der Waals surface area contributed by atoms with Crippen molar-refractivity contribution in [3.63, 3.8) is 0 Å². The van der Waals surface area contributed by atoms with E-state index in [-0.39, 0.29) is 17.8 Å². The highest BCUT2D eigenvalue weighted by Gasteiger charge is 2.17. The summed E-state index contributed by atoms with van der Waals surface area (Å²) in [7, 11) is 1.78. The third-order valence-electron chi connectivity index (χ3n) is 4.83. The second kappa shape index (κ2) is 9.18. The van der Waals surface area contributed by atoms with Crippen LogP contribution in [0.4, 0.5) is 4.39 Å². The van der Waals surface area contributed by atoms with Crippen molar-refractivity contribution < 1.29 is 14.2 Å². The molecule has 1 N–H and O–H groups in total. The zero-order valence-electron chi connectivity index (χ0n) is 18.0. The maximum atomic E-state index is 14.0. The van der Waals surface area contributed by atoms with Crippen molar-refractivity contribution in [2.75, 3.05) is 12.4 Å². The monoisotopic (exact) mass is 429 g/mol. The molecule has 0 aliphatic rings. The molecule has 0 aliphatic carbocycles. The van der Waals surface area contributed by atoms with Crippen LogP contribution in [-0.2, 0) is 12.5 Å². The number of aliphatic hydroxyl groups excluding tert-OH is 1. The predicted octanol–water partition coefficient (Wildman–Crippen LogP) is 4.76. The Kier molecular flexibility index (Phi) is 6.83.